The fourth-order valence-electron chi connectivity index (χ4n) is 1.97. The van der Waals surface area contributed by atoms with Crippen molar-refractivity contribution in [3.05, 3.63) is 65.2 Å². The molecule has 0 aliphatic rings. The normalized spacial score (nSPS) is 9.46. The van der Waals surface area contributed by atoms with Gasteiger partial charge in [0.15, 0.2) is 0 Å². The van der Waals surface area contributed by atoms with Crippen LogP contribution in [-0.4, -0.2) is 18.5 Å². The van der Waals surface area contributed by atoms with Crippen molar-refractivity contribution in [3.8, 4) is 17.9 Å². The quantitative estimate of drug-likeness (QED) is 0.633. The Morgan fingerprint density at radius 2 is 1.73 bits per heavy atom. The van der Waals surface area contributed by atoms with Crippen molar-refractivity contribution in [2.45, 2.75) is 12.8 Å². The highest BCUT2D eigenvalue weighted by Crippen LogP contribution is 2.13. The lowest BCUT2D eigenvalue weighted by Crippen LogP contribution is -2.27. The van der Waals surface area contributed by atoms with Gasteiger partial charge in [-0.15, -0.1) is 0 Å². The predicted octanol–water partition coefficient (Wildman–Crippen LogP) is 2.48. The summed E-state index contributed by atoms with van der Waals surface area (Å²) in [5.74, 6) is -0.625. The third-order valence-corrected chi connectivity index (χ3v) is 3.29. The Balaban J connectivity index is 1.67. The van der Waals surface area contributed by atoms with Gasteiger partial charge in [-0.05, 0) is 48.9 Å². The van der Waals surface area contributed by atoms with Gasteiger partial charge in [0.2, 0.25) is 0 Å². The average molecular weight is 349 g/mol. The first-order valence-corrected chi connectivity index (χ1v) is 7.75. The van der Waals surface area contributed by atoms with Crippen LogP contribution in [0.5, 0.6) is 5.75 Å². The number of ether oxygens (including phenoxy) is 1. The van der Waals surface area contributed by atoms with Gasteiger partial charge in [-0.25, -0.2) is 4.79 Å². The van der Waals surface area contributed by atoms with Crippen LogP contribution in [-0.2, 0) is 9.63 Å². The number of nitrogens with one attached hydrogen (secondary N) is 1. The second-order valence-electron chi connectivity index (χ2n) is 5.19. The number of carbonyl (C=O) groups excluding carboxylic acids is 2. The van der Waals surface area contributed by atoms with Crippen LogP contribution in [0, 0.1) is 22.7 Å². The smallest absolute Gasteiger partial charge is 0.332 e. The van der Waals surface area contributed by atoms with Gasteiger partial charge < -0.3 is 9.57 Å². The highest BCUT2D eigenvalue weighted by molar-refractivity contribution is 5.94. The molecule has 7 heteroatoms. The van der Waals surface area contributed by atoms with Gasteiger partial charge in [0.1, 0.15) is 5.75 Å². The summed E-state index contributed by atoms with van der Waals surface area (Å²) in [5.41, 5.74) is 3.26. The lowest BCUT2D eigenvalue weighted by molar-refractivity contribution is -0.149. The molecule has 26 heavy (non-hydrogen) atoms. The van der Waals surface area contributed by atoms with Gasteiger partial charge in [-0.1, -0.05) is 6.07 Å². The van der Waals surface area contributed by atoms with E-state index in [1.54, 1.807) is 24.3 Å². The molecule has 0 fully saturated rings. The summed E-state index contributed by atoms with van der Waals surface area (Å²) in [6.07, 6.45) is 0.452. The summed E-state index contributed by atoms with van der Waals surface area (Å²) in [6, 6.07) is 16.6. The number of nitriles is 2. The Labute approximate surface area is 150 Å². The van der Waals surface area contributed by atoms with Gasteiger partial charge in [-0.3, -0.25) is 4.79 Å². The third kappa shape index (κ3) is 5.66. The number of rotatable bonds is 6. The topological polar surface area (TPSA) is 112 Å². The summed E-state index contributed by atoms with van der Waals surface area (Å²) in [6.45, 7) is 0.271. The zero-order valence-electron chi connectivity index (χ0n) is 13.8. The first-order chi connectivity index (χ1) is 12.6. The molecule has 0 unspecified atom stereocenters. The van der Waals surface area contributed by atoms with Gasteiger partial charge in [0, 0.05) is 5.56 Å². The van der Waals surface area contributed by atoms with Crippen LogP contribution in [0.3, 0.4) is 0 Å². The van der Waals surface area contributed by atoms with Crippen molar-refractivity contribution in [3.63, 3.8) is 0 Å². The Morgan fingerprint density at radius 3 is 2.42 bits per heavy atom. The van der Waals surface area contributed by atoms with Crippen molar-refractivity contribution in [1.82, 2.24) is 5.48 Å². The van der Waals surface area contributed by atoms with E-state index in [1.807, 2.05) is 12.1 Å². The molecule has 0 aromatic heterocycles. The molecule has 0 aliphatic carbocycles. The number of amides is 1. The van der Waals surface area contributed by atoms with E-state index in [1.165, 1.54) is 24.3 Å². The number of hydroxylamine groups is 1. The van der Waals surface area contributed by atoms with Gasteiger partial charge >= 0.3 is 5.97 Å². The van der Waals surface area contributed by atoms with E-state index in [4.69, 9.17) is 20.1 Å². The summed E-state index contributed by atoms with van der Waals surface area (Å²) < 4.78 is 5.44. The Hall–Kier alpha value is -3.84. The number of nitrogens with zero attached hydrogens (tertiary/aromatic N) is 2. The minimum Gasteiger partial charge on any atom is -0.494 e. The molecule has 2 rings (SSSR count). The molecular formula is C19H15N3O4. The first-order valence-electron chi connectivity index (χ1n) is 7.75. The van der Waals surface area contributed by atoms with Crippen molar-refractivity contribution in [2.24, 2.45) is 0 Å². The van der Waals surface area contributed by atoms with Crippen LogP contribution < -0.4 is 10.2 Å². The molecule has 2 aromatic rings. The third-order valence-electron chi connectivity index (χ3n) is 3.29. The largest absolute Gasteiger partial charge is 0.494 e. The molecule has 0 saturated heterocycles. The maximum Gasteiger partial charge on any atom is 0.332 e. The molecule has 130 valence electrons. The molecule has 0 bridgehead atoms. The monoisotopic (exact) mass is 349 g/mol. The second kappa shape index (κ2) is 9.45. The first kappa shape index (κ1) is 18.5. The second-order valence-corrected chi connectivity index (χ2v) is 5.19. The maximum absolute atomic E-state index is 11.8. The molecule has 2 aromatic carbocycles. The van der Waals surface area contributed by atoms with Gasteiger partial charge in [-0.2, -0.15) is 16.0 Å². The van der Waals surface area contributed by atoms with E-state index in [-0.39, 0.29) is 18.6 Å². The van der Waals surface area contributed by atoms with Crippen LogP contribution in [0.1, 0.15) is 34.3 Å². The van der Waals surface area contributed by atoms with E-state index in [0.29, 0.717) is 23.3 Å². The summed E-state index contributed by atoms with van der Waals surface area (Å²) in [7, 11) is 0. The minimum atomic E-state index is -0.596. The molecule has 0 heterocycles. The van der Waals surface area contributed by atoms with E-state index >= 15 is 0 Å². The number of hydrogen-bond acceptors (Lipinski definition) is 6. The number of carbonyl (C=O) groups is 2. The fourth-order valence-corrected chi connectivity index (χ4v) is 1.97. The molecule has 1 amide bonds. The highest BCUT2D eigenvalue weighted by Gasteiger charge is 2.09. The lowest BCUT2D eigenvalue weighted by atomic mass is 10.1. The van der Waals surface area contributed by atoms with E-state index < -0.39 is 11.9 Å². The lowest BCUT2D eigenvalue weighted by Gasteiger charge is -2.07. The van der Waals surface area contributed by atoms with Crippen molar-refractivity contribution >= 4 is 11.9 Å². The van der Waals surface area contributed by atoms with Crippen LogP contribution in [0.25, 0.3) is 0 Å². The molecule has 0 saturated carbocycles. The molecule has 0 aliphatic heterocycles. The molecule has 0 atom stereocenters. The Kier molecular flexibility index (Phi) is 6.73. The standard InChI is InChI=1S/C19H15N3O4/c20-12-14-6-8-16(9-7-14)19(24)22-26-18(23)5-2-10-25-17-4-1-3-15(11-17)13-21/h1,3-4,6-9,11H,2,5,10H2,(H,22,24). The average Bonchev–Trinajstić information content (AvgIpc) is 2.69. The van der Waals surface area contributed by atoms with Crippen LogP contribution in [0.2, 0.25) is 0 Å². The predicted molar refractivity (Wildman–Crippen MR) is 90.6 cm³/mol. The van der Waals surface area contributed by atoms with E-state index in [0.717, 1.165) is 0 Å². The van der Waals surface area contributed by atoms with Gasteiger partial charge in [0.25, 0.3) is 5.91 Å². The maximum atomic E-state index is 11.8. The summed E-state index contributed by atoms with van der Waals surface area (Å²) in [4.78, 5) is 28.1. The molecule has 1 N–H and O–H groups in total. The fraction of sp³-hybridized carbons (Fsp3) is 0.158. The van der Waals surface area contributed by atoms with Gasteiger partial charge in [0.05, 0.1) is 36.3 Å². The minimum absolute atomic E-state index is 0.0611. The van der Waals surface area contributed by atoms with Crippen LogP contribution in [0.15, 0.2) is 48.5 Å². The van der Waals surface area contributed by atoms with Crippen LogP contribution in [0.4, 0.5) is 0 Å². The highest BCUT2D eigenvalue weighted by atomic mass is 16.7. The summed E-state index contributed by atoms with van der Waals surface area (Å²) in [5, 5.41) is 17.5. The zero-order valence-corrected chi connectivity index (χ0v) is 13.8. The molecular weight excluding hydrogens is 334 g/mol. The Morgan fingerprint density at radius 1 is 1.00 bits per heavy atom. The number of hydrogen-bond donors (Lipinski definition) is 1. The van der Waals surface area contributed by atoms with E-state index in [9.17, 15) is 9.59 Å². The van der Waals surface area contributed by atoms with Crippen LogP contribution >= 0.6 is 0 Å². The van der Waals surface area contributed by atoms with Crippen molar-refractivity contribution < 1.29 is 19.2 Å². The summed E-state index contributed by atoms with van der Waals surface area (Å²) >= 11 is 0. The zero-order chi connectivity index (χ0) is 18.8. The number of benzene rings is 2. The molecule has 0 spiro atoms. The Bertz CT molecular complexity index is 864. The van der Waals surface area contributed by atoms with Crippen molar-refractivity contribution in [2.75, 3.05) is 6.61 Å². The van der Waals surface area contributed by atoms with E-state index in [2.05, 4.69) is 5.48 Å². The molecule has 0 radical (unpaired) electrons. The molecule has 7 nitrogen and oxygen atoms in total. The SMILES string of the molecule is N#Cc1ccc(C(=O)NOC(=O)CCCOc2cccc(C#N)c2)cc1. The van der Waals surface area contributed by atoms with Crippen molar-refractivity contribution in [1.29, 1.82) is 10.5 Å².